The average molecular weight is 414 g/mol. The Morgan fingerprint density at radius 2 is 1.76 bits per heavy atom. The normalized spacial score (nSPS) is 11.8. The number of aromatic nitrogens is 1. The number of aromatic amines is 1. The summed E-state index contributed by atoms with van der Waals surface area (Å²) in [6.07, 6.45) is 2.76. The lowest BCUT2D eigenvalue weighted by atomic mass is 10.0. The third-order valence-corrected chi connectivity index (χ3v) is 6.37. The minimum absolute atomic E-state index is 0.0627. The molecule has 0 aliphatic rings. The number of carbonyl (C=O) groups excluding carboxylic acids is 1. The van der Waals surface area contributed by atoms with Gasteiger partial charge in [0, 0.05) is 36.6 Å². The fraction of sp³-hybridized carbons (Fsp3) is 0.318. The Hall–Kier alpha value is -2.64. The number of sulfonamides is 1. The minimum atomic E-state index is -3.61. The van der Waals surface area contributed by atoms with Crippen molar-refractivity contribution in [2.24, 2.45) is 0 Å². The van der Waals surface area contributed by atoms with Crippen molar-refractivity contribution in [3.05, 3.63) is 65.9 Å². The molecule has 7 heteroatoms. The molecule has 154 valence electrons. The molecule has 0 spiro atoms. The molecule has 0 saturated heterocycles. The first-order valence-electron chi connectivity index (χ1n) is 9.78. The lowest BCUT2D eigenvalue weighted by Gasteiger charge is -2.09. The molecule has 0 fully saturated rings. The van der Waals surface area contributed by atoms with Crippen molar-refractivity contribution in [3.8, 4) is 0 Å². The topological polar surface area (TPSA) is 91.1 Å². The average Bonchev–Trinajstić information content (AvgIpc) is 3.11. The largest absolute Gasteiger partial charge is 0.361 e. The van der Waals surface area contributed by atoms with Crippen LogP contribution < -0.4 is 10.0 Å². The SMILES string of the molecule is CC(C)c1ccc(S(=O)(=O)NCCC(=O)NCCc2c[nH]c3ccccc23)cc1. The van der Waals surface area contributed by atoms with Gasteiger partial charge in [-0.25, -0.2) is 13.1 Å². The Labute approximate surface area is 171 Å². The first-order chi connectivity index (χ1) is 13.9. The molecule has 0 saturated carbocycles. The monoisotopic (exact) mass is 413 g/mol. The molecule has 0 radical (unpaired) electrons. The summed E-state index contributed by atoms with van der Waals surface area (Å²) in [7, 11) is -3.61. The van der Waals surface area contributed by atoms with Crippen molar-refractivity contribution < 1.29 is 13.2 Å². The van der Waals surface area contributed by atoms with Crippen LogP contribution in [0.3, 0.4) is 0 Å². The van der Waals surface area contributed by atoms with Crippen LogP contribution in [0.2, 0.25) is 0 Å². The van der Waals surface area contributed by atoms with Crippen LogP contribution in [0.5, 0.6) is 0 Å². The molecule has 3 N–H and O–H groups in total. The quantitative estimate of drug-likeness (QED) is 0.503. The summed E-state index contributed by atoms with van der Waals surface area (Å²) in [6.45, 7) is 4.68. The van der Waals surface area contributed by atoms with Gasteiger partial charge in [-0.15, -0.1) is 0 Å². The zero-order chi connectivity index (χ0) is 20.9. The highest BCUT2D eigenvalue weighted by molar-refractivity contribution is 7.89. The van der Waals surface area contributed by atoms with E-state index >= 15 is 0 Å². The van der Waals surface area contributed by atoms with E-state index < -0.39 is 10.0 Å². The van der Waals surface area contributed by atoms with Crippen molar-refractivity contribution >= 4 is 26.8 Å². The van der Waals surface area contributed by atoms with Crippen LogP contribution in [0, 0.1) is 0 Å². The smallest absolute Gasteiger partial charge is 0.240 e. The highest BCUT2D eigenvalue weighted by Crippen LogP contribution is 2.18. The molecule has 1 heterocycles. The van der Waals surface area contributed by atoms with Gasteiger partial charge in [-0.3, -0.25) is 4.79 Å². The number of hydrogen-bond donors (Lipinski definition) is 3. The molecule has 3 rings (SSSR count). The zero-order valence-electron chi connectivity index (χ0n) is 16.7. The van der Waals surface area contributed by atoms with Gasteiger partial charge in [0.05, 0.1) is 4.90 Å². The van der Waals surface area contributed by atoms with Crippen molar-refractivity contribution in [1.82, 2.24) is 15.0 Å². The van der Waals surface area contributed by atoms with Gasteiger partial charge < -0.3 is 10.3 Å². The Kier molecular flexibility index (Phi) is 6.71. The van der Waals surface area contributed by atoms with E-state index in [4.69, 9.17) is 0 Å². The molecule has 3 aromatic rings. The molecule has 0 unspecified atom stereocenters. The van der Waals surface area contributed by atoms with E-state index in [2.05, 4.69) is 28.9 Å². The van der Waals surface area contributed by atoms with Gasteiger partial charge in [0.15, 0.2) is 0 Å². The number of nitrogens with one attached hydrogen (secondary N) is 3. The van der Waals surface area contributed by atoms with E-state index in [-0.39, 0.29) is 23.8 Å². The molecule has 0 aliphatic carbocycles. The fourth-order valence-corrected chi connectivity index (χ4v) is 4.21. The zero-order valence-corrected chi connectivity index (χ0v) is 17.6. The summed E-state index contributed by atoms with van der Waals surface area (Å²) in [6, 6.07) is 14.8. The van der Waals surface area contributed by atoms with Crippen molar-refractivity contribution in [2.45, 2.75) is 37.5 Å². The summed E-state index contributed by atoms with van der Waals surface area (Å²) < 4.78 is 27.2. The Morgan fingerprint density at radius 1 is 1.03 bits per heavy atom. The Bertz CT molecular complexity index is 1070. The maximum absolute atomic E-state index is 12.3. The first-order valence-corrected chi connectivity index (χ1v) is 11.3. The van der Waals surface area contributed by atoms with E-state index in [9.17, 15) is 13.2 Å². The standard InChI is InChI=1S/C22H27N3O3S/c1-16(2)17-7-9-19(10-8-17)29(27,28)25-14-12-22(26)23-13-11-18-15-24-21-6-4-3-5-20(18)21/h3-10,15-16,24-25H,11-14H2,1-2H3,(H,23,26). The van der Waals surface area contributed by atoms with Crippen LogP contribution in [-0.2, 0) is 21.2 Å². The van der Waals surface area contributed by atoms with E-state index in [0.29, 0.717) is 18.9 Å². The van der Waals surface area contributed by atoms with Crippen molar-refractivity contribution in [2.75, 3.05) is 13.1 Å². The summed E-state index contributed by atoms with van der Waals surface area (Å²) >= 11 is 0. The predicted molar refractivity (Wildman–Crippen MR) is 115 cm³/mol. The second kappa shape index (κ2) is 9.24. The molecule has 0 aliphatic heterocycles. The van der Waals surface area contributed by atoms with Gasteiger partial charge in [-0.05, 0) is 41.7 Å². The number of H-pyrrole nitrogens is 1. The maximum atomic E-state index is 12.3. The van der Waals surface area contributed by atoms with Crippen LogP contribution in [0.1, 0.15) is 37.3 Å². The number of carbonyl (C=O) groups is 1. The Balaban J connectivity index is 1.43. The molecular weight excluding hydrogens is 386 g/mol. The van der Waals surface area contributed by atoms with Crippen LogP contribution in [0.4, 0.5) is 0 Å². The highest BCUT2D eigenvalue weighted by Gasteiger charge is 2.14. The van der Waals surface area contributed by atoms with Gasteiger partial charge >= 0.3 is 0 Å². The highest BCUT2D eigenvalue weighted by atomic mass is 32.2. The van der Waals surface area contributed by atoms with E-state index in [0.717, 1.165) is 22.0 Å². The summed E-state index contributed by atoms with van der Waals surface area (Å²) in [4.78, 5) is 15.4. The molecule has 0 bridgehead atoms. The molecule has 0 atom stereocenters. The van der Waals surface area contributed by atoms with E-state index in [1.165, 1.54) is 0 Å². The second-order valence-electron chi connectivity index (χ2n) is 7.33. The fourth-order valence-electron chi connectivity index (χ4n) is 3.18. The van der Waals surface area contributed by atoms with Crippen molar-refractivity contribution in [1.29, 1.82) is 0 Å². The number of fused-ring (bicyclic) bond motifs is 1. The van der Waals surface area contributed by atoms with E-state index in [1.807, 2.05) is 42.6 Å². The number of rotatable bonds is 9. The minimum Gasteiger partial charge on any atom is -0.361 e. The Morgan fingerprint density at radius 3 is 2.48 bits per heavy atom. The van der Waals surface area contributed by atoms with Gasteiger partial charge in [0.25, 0.3) is 0 Å². The van der Waals surface area contributed by atoms with Gasteiger partial charge in [0.1, 0.15) is 0 Å². The van der Waals surface area contributed by atoms with Crippen LogP contribution in [-0.4, -0.2) is 32.4 Å². The molecule has 6 nitrogen and oxygen atoms in total. The summed E-state index contributed by atoms with van der Waals surface area (Å²) in [5, 5.41) is 3.99. The number of hydrogen-bond acceptors (Lipinski definition) is 3. The summed E-state index contributed by atoms with van der Waals surface area (Å²) in [5.41, 5.74) is 3.30. The van der Waals surface area contributed by atoms with Crippen molar-refractivity contribution in [3.63, 3.8) is 0 Å². The van der Waals surface area contributed by atoms with Gasteiger partial charge in [0.2, 0.25) is 15.9 Å². The number of amides is 1. The molecule has 1 aromatic heterocycles. The maximum Gasteiger partial charge on any atom is 0.240 e. The summed E-state index contributed by atoms with van der Waals surface area (Å²) in [5.74, 6) is 0.162. The molecular formula is C22H27N3O3S. The first kappa shape index (κ1) is 21.1. The van der Waals surface area contributed by atoms with Gasteiger partial charge in [-0.2, -0.15) is 0 Å². The number of para-hydroxylation sites is 1. The molecule has 2 aromatic carbocycles. The van der Waals surface area contributed by atoms with Crippen LogP contribution in [0.25, 0.3) is 10.9 Å². The van der Waals surface area contributed by atoms with Crippen LogP contribution >= 0.6 is 0 Å². The number of benzene rings is 2. The van der Waals surface area contributed by atoms with Crippen LogP contribution in [0.15, 0.2) is 59.6 Å². The van der Waals surface area contributed by atoms with Gasteiger partial charge in [-0.1, -0.05) is 44.2 Å². The predicted octanol–water partition coefficient (Wildman–Crippen LogP) is 3.32. The second-order valence-corrected chi connectivity index (χ2v) is 9.10. The molecule has 29 heavy (non-hydrogen) atoms. The lowest BCUT2D eigenvalue weighted by Crippen LogP contribution is -2.31. The third kappa shape index (κ3) is 5.46. The molecule has 1 amide bonds. The van der Waals surface area contributed by atoms with E-state index in [1.54, 1.807) is 12.1 Å². The lowest BCUT2D eigenvalue weighted by molar-refractivity contribution is -0.120. The third-order valence-electron chi connectivity index (χ3n) is 4.89.